The Morgan fingerprint density at radius 3 is 2.76 bits per heavy atom. The van der Waals surface area contributed by atoms with Crippen LogP contribution in [0.1, 0.15) is 26.6 Å². The van der Waals surface area contributed by atoms with E-state index in [0.717, 1.165) is 0 Å². The zero-order valence-corrected chi connectivity index (χ0v) is 11.1. The van der Waals surface area contributed by atoms with E-state index in [1.165, 1.54) is 0 Å². The van der Waals surface area contributed by atoms with E-state index in [1.807, 2.05) is 6.92 Å². The number of hydrogen-bond donors (Lipinski definition) is 2. The predicted octanol–water partition coefficient (Wildman–Crippen LogP) is 0.678. The third kappa shape index (κ3) is 3.81. The van der Waals surface area contributed by atoms with Gasteiger partial charge in [0.25, 0.3) is 0 Å². The van der Waals surface area contributed by atoms with Gasteiger partial charge in [0.05, 0.1) is 0 Å². The number of rotatable bonds is 5. The van der Waals surface area contributed by atoms with Gasteiger partial charge >= 0.3 is 0 Å². The van der Waals surface area contributed by atoms with E-state index in [-0.39, 0.29) is 23.5 Å². The van der Waals surface area contributed by atoms with Gasteiger partial charge in [-0.3, -0.25) is 4.79 Å². The summed E-state index contributed by atoms with van der Waals surface area (Å²) < 4.78 is 1.64. The lowest BCUT2D eigenvalue weighted by Crippen LogP contribution is -2.38. The van der Waals surface area contributed by atoms with Gasteiger partial charge in [0, 0.05) is 18.4 Å². The highest BCUT2D eigenvalue weighted by Gasteiger charge is 2.13. The quantitative estimate of drug-likeness (QED) is 0.758. The molecule has 1 rings (SSSR count). The van der Waals surface area contributed by atoms with Gasteiger partial charge in [0.2, 0.25) is 5.91 Å². The molecule has 5 nitrogen and oxygen atoms in total. The SMILES string of the molecule is CC(C)C(C)NC(=O)Cn1ccnc1C(N)=S. The molecule has 1 atom stereocenters. The fraction of sp³-hybridized carbons (Fsp3) is 0.545. The highest BCUT2D eigenvalue weighted by atomic mass is 32.1. The van der Waals surface area contributed by atoms with Crippen LogP contribution in [0.2, 0.25) is 0 Å². The first-order valence-corrected chi connectivity index (χ1v) is 5.93. The average Bonchev–Trinajstić information content (AvgIpc) is 2.65. The first-order valence-electron chi connectivity index (χ1n) is 5.52. The summed E-state index contributed by atoms with van der Waals surface area (Å²) in [5.74, 6) is 0.797. The third-order valence-electron chi connectivity index (χ3n) is 2.64. The fourth-order valence-electron chi connectivity index (χ4n) is 1.28. The lowest BCUT2D eigenvalue weighted by molar-refractivity contribution is -0.122. The van der Waals surface area contributed by atoms with E-state index in [1.54, 1.807) is 17.0 Å². The summed E-state index contributed by atoms with van der Waals surface area (Å²) in [4.78, 5) is 16.0. The molecule has 1 aromatic heterocycles. The molecular formula is C11H18N4OS. The molecule has 1 unspecified atom stereocenters. The number of carbonyl (C=O) groups excluding carboxylic acids is 1. The maximum absolute atomic E-state index is 11.8. The van der Waals surface area contributed by atoms with Crippen LogP contribution in [0.15, 0.2) is 12.4 Å². The van der Waals surface area contributed by atoms with Crippen LogP contribution in [0.3, 0.4) is 0 Å². The number of amides is 1. The summed E-state index contributed by atoms with van der Waals surface area (Å²) in [6, 6.07) is 0.138. The minimum absolute atomic E-state index is 0.0679. The summed E-state index contributed by atoms with van der Waals surface area (Å²) in [6.45, 7) is 6.28. The molecule has 0 bridgehead atoms. The van der Waals surface area contributed by atoms with E-state index < -0.39 is 0 Å². The first kappa shape index (κ1) is 13.6. The molecular weight excluding hydrogens is 236 g/mol. The summed E-state index contributed by atoms with van der Waals surface area (Å²) in [7, 11) is 0. The van der Waals surface area contributed by atoms with Crippen molar-refractivity contribution in [3.63, 3.8) is 0 Å². The molecule has 0 aliphatic rings. The van der Waals surface area contributed by atoms with Crippen LogP contribution in [0, 0.1) is 5.92 Å². The normalized spacial score (nSPS) is 12.5. The Morgan fingerprint density at radius 1 is 1.59 bits per heavy atom. The predicted molar refractivity (Wildman–Crippen MR) is 70.6 cm³/mol. The molecule has 1 amide bonds. The average molecular weight is 254 g/mol. The van der Waals surface area contributed by atoms with Crippen LogP contribution >= 0.6 is 12.2 Å². The lowest BCUT2D eigenvalue weighted by Gasteiger charge is -2.17. The van der Waals surface area contributed by atoms with Crippen molar-refractivity contribution in [2.45, 2.75) is 33.4 Å². The molecule has 94 valence electrons. The van der Waals surface area contributed by atoms with Crippen LogP contribution in [-0.2, 0) is 11.3 Å². The number of carbonyl (C=O) groups is 1. The van der Waals surface area contributed by atoms with E-state index in [4.69, 9.17) is 18.0 Å². The molecule has 0 aliphatic carbocycles. The maximum Gasteiger partial charge on any atom is 0.240 e. The minimum atomic E-state index is -0.0679. The zero-order chi connectivity index (χ0) is 13.0. The fourth-order valence-corrected chi connectivity index (χ4v) is 1.45. The van der Waals surface area contributed by atoms with Crippen molar-refractivity contribution in [1.29, 1.82) is 0 Å². The molecule has 0 aliphatic heterocycles. The van der Waals surface area contributed by atoms with Crippen molar-refractivity contribution in [2.75, 3.05) is 0 Å². The van der Waals surface area contributed by atoms with Crippen molar-refractivity contribution in [1.82, 2.24) is 14.9 Å². The smallest absolute Gasteiger partial charge is 0.240 e. The standard InChI is InChI=1S/C11H18N4OS/c1-7(2)8(3)14-9(16)6-15-5-4-13-11(15)10(12)17/h4-5,7-8H,6H2,1-3H3,(H2,12,17)(H,14,16). The van der Waals surface area contributed by atoms with E-state index in [0.29, 0.717) is 11.7 Å². The second kappa shape index (κ2) is 5.77. The largest absolute Gasteiger partial charge is 0.387 e. The van der Waals surface area contributed by atoms with E-state index in [2.05, 4.69) is 24.1 Å². The van der Waals surface area contributed by atoms with Gasteiger partial charge in [-0.25, -0.2) is 4.98 Å². The van der Waals surface area contributed by atoms with Gasteiger partial charge in [-0.1, -0.05) is 26.1 Å². The molecule has 1 aromatic rings. The Bertz CT molecular complexity index is 413. The number of nitrogens with one attached hydrogen (secondary N) is 1. The summed E-state index contributed by atoms with van der Waals surface area (Å²) >= 11 is 4.85. The number of imidazole rings is 1. The Hall–Kier alpha value is -1.43. The summed E-state index contributed by atoms with van der Waals surface area (Å²) in [6.07, 6.45) is 3.27. The monoisotopic (exact) mass is 254 g/mol. The van der Waals surface area contributed by atoms with E-state index >= 15 is 0 Å². The minimum Gasteiger partial charge on any atom is -0.387 e. The van der Waals surface area contributed by atoms with Crippen molar-refractivity contribution in [3.8, 4) is 0 Å². The highest BCUT2D eigenvalue weighted by Crippen LogP contribution is 2.01. The summed E-state index contributed by atoms with van der Waals surface area (Å²) in [5, 5.41) is 2.91. The van der Waals surface area contributed by atoms with Crippen molar-refractivity contribution >= 4 is 23.1 Å². The number of nitrogens with zero attached hydrogens (tertiary/aromatic N) is 2. The molecule has 0 aromatic carbocycles. The topological polar surface area (TPSA) is 72.9 Å². The van der Waals surface area contributed by atoms with Crippen LogP contribution in [0.4, 0.5) is 0 Å². The van der Waals surface area contributed by atoms with Crippen LogP contribution < -0.4 is 11.1 Å². The van der Waals surface area contributed by atoms with Gasteiger partial charge in [-0.2, -0.15) is 0 Å². The first-order chi connectivity index (χ1) is 7.91. The van der Waals surface area contributed by atoms with Gasteiger partial charge in [-0.05, 0) is 12.8 Å². The molecule has 0 radical (unpaired) electrons. The van der Waals surface area contributed by atoms with Crippen LogP contribution in [0.5, 0.6) is 0 Å². The molecule has 3 N–H and O–H groups in total. The molecule has 17 heavy (non-hydrogen) atoms. The maximum atomic E-state index is 11.8. The molecule has 0 spiro atoms. The second-order valence-corrected chi connectivity index (χ2v) is 4.78. The molecule has 0 saturated carbocycles. The molecule has 0 fully saturated rings. The van der Waals surface area contributed by atoms with Crippen molar-refractivity contribution in [2.24, 2.45) is 11.7 Å². The zero-order valence-electron chi connectivity index (χ0n) is 10.3. The Kier molecular flexibility index (Phi) is 4.62. The molecule has 6 heteroatoms. The number of hydrogen-bond acceptors (Lipinski definition) is 3. The molecule has 0 saturated heterocycles. The van der Waals surface area contributed by atoms with Crippen molar-refractivity contribution in [3.05, 3.63) is 18.2 Å². The second-order valence-electron chi connectivity index (χ2n) is 4.34. The Labute approximate surface area is 106 Å². The van der Waals surface area contributed by atoms with Crippen LogP contribution in [0.25, 0.3) is 0 Å². The number of nitrogens with two attached hydrogens (primary N) is 1. The van der Waals surface area contributed by atoms with Gasteiger partial charge in [0.15, 0.2) is 5.82 Å². The van der Waals surface area contributed by atoms with Gasteiger partial charge < -0.3 is 15.6 Å². The number of thiocarbonyl (C=S) groups is 1. The summed E-state index contributed by atoms with van der Waals surface area (Å²) in [5.41, 5.74) is 5.50. The van der Waals surface area contributed by atoms with Gasteiger partial charge in [0.1, 0.15) is 11.5 Å². The third-order valence-corrected chi connectivity index (χ3v) is 2.82. The van der Waals surface area contributed by atoms with Gasteiger partial charge in [-0.15, -0.1) is 0 Å². The Morgan fingerprint density at radius 2 is 2.24 bits per heavy atom. The Balaban J connectivity index is 2.62. The van der Waals surface area contributed by atoms with Crippen molar-refractivity contribution < 1.29 is 4.79 Å². The number of aromatic nitrogens is 2. The lowest BCUT2D eigenvalue weighted by atomic mass is 10.1. The van der Waals surface area contributed by atoms with Crippen LogP contribution in [-0.4, -0.2) is 26.5 Å². The molecule has 1 heterocycles. The highest BCUT2D eigenvalue weighted by molar-refractivity contribution is 7.80. The van der Waals surface area contributed by atoms with E-state index in [9.17, 15) is 4.79 Å².